The summed E-state index contributed by atoms with van der Waals surface area (Å²) in [5.41, 5.74) is 2.31. The molecule has 0 spiro atoms. The van der Waals surface area contributed by atoms with Crippen LogP contribution in [0.2, 0.25) is 0 Å². The van der Waals surface area contributed by atoms with E-state index in [1.165, 1.54) is 6.07 Å². The number of ether oxygens (including phenoxy) is 1. The van der Waals surface area contributed by atoms with E-state index in [-0.39, 0.29) is 5.56 Å². The number of amides is 1. The average molecular weight is 354 g/mol. The van der Waals surface area contributed by atoms with E-state index in [1.54, 1.807) is 31.4 Å². The molecule has 26 heavy (non-hydrogen) atoms. The van der Waals surface area contributed by atoms with E-state index >= 15 is 0 Å². The predicted octanol–water partition coefficient (Wildman–Crippen LogP) is 4.97. The lowest BCUT2D eigenvalue weighted by Crippen LogP contribution is -2.12. The van der Waals surface area contributed by atoms with Gasteiger partial charge in [-0.1, -0.05) is 0 Å². The van der Waals surface area contributed by atoms with Crippen LogP contribution in [0.15, 0.2) is 66.7 Å². The molecule has 0 heterocycles. The maximum Gasteiger partial charge on any atom is 0.255 e. The van der Waals surface area contributed by atoms with E-state index < -0.39 is 17.5 Å². The maximum absolute atomic E-state index is 13.2. The number of hydrogen-bond donors (Lipinski definition) is 2. The lowest BCUT2D eigenvalue weighted by atomic mass is 10.2. The number of anilines is 3. The van der Waals surface area contributed by atoms with E-state index in [9.17, 15) is 13.6 Å². The first-order valence-electron chi connectivity index (χ1n) is 7.83. The van der Waals surface area contributed by atoms with Crippen molar-refractivity contribution < 1.29 is 18.3 Å². The predicted molar refractivity (Wildman–Crippen MR) is 97.0 cm³/mol. The maximum atomic E-state index is 13.2. The van der Waals surface area contributed by atoms with Gasteiger partial charge in [0.05, 0.1) is 7.11 Å². The molecule has 1 amide bonds. The molecule has 0 radical (unpaired) electrons. The van der Waals surface area contributed by atoms with Crippen molar-refractivity contribution in [3.05, 3.63) is 83.9 Å². The summed E-state index contributed by atoms with van der Waals surface area (Å²) < 4.78 is 31.3. The molecule has 2 N–H and O–H groups in total. The molecule has 0 atom stereocenters. The van der Waals surface area contributed by atoms with Gasteiger partial charge in [-0.05, 0) is 66.7 Å². The van der Waals surface area contributed by atoms with Crippen LogP contribution in [0.3, 0.4) is 0 Å². The van der Waals surface area contributed by atoms with E-state index in [1.807, 2.05) is 24.3 Å². The van der Waals surface area contributed by atoms with Crippen LogP contribution in [0.4, 0.5) is 25.8 Å². The fourth-order valence-electron chi connectivity index (χ4n) is 2.32. The summed E-state index contributed by atoms with van der Waals surface area (Å²) in [6, 6.07) is 17.5. The second-order valence-corrected chi connectivity index (χ2v) is 5.51. The molecule has 4 nitrogen and oxygen atoms in total. The highest BCUT2D eigenvalue weighted by Crippen LogP contribution is 2.21. The molecule has 0 saturated heterocycles. The van der Waals surface area contributed by atoms with Crippen molar-refractivity contribution in [2.75, 3.05) is 17.7 Å². The van der Waals surface area contributed by atoms with Crippen molar-refractivity contribution in [2.45, 2.75) is 0 Å². The zero-order chi connectivity index (χ0) is 18.5. The molecule has 0 bridgehead atoms. The topological polar surface area (TPSA) is 50.4 Å². The number of nitrogens with one attached hydrogen (secondary N) is 2. The Labute approximate surface area is 149 Å². The summed E-state index contributed by atoms with van der Waals surface area (Å²) in [5.74, 6) is -1.79. The third-order valence-electron chi connectivity index (χ3n) is 3.70. The van der Waals surface area contributed by atoms with Gasteiger partial charge in [-0.3, -0.25) is 4.79 Å². The van der Waals surface area contributed by atoms with Gasteiger partial charge in [-0.2, -0.15) is 0 Å². The summed E-state index contributed by atoms with van der Waals surface area (Å²) in [6.45, 7) is 0. The Morgan fingerprint density at radius 2 is 1.38 bits per heavy atom. The summed E-state index contributed by atoms with van der Waals surface area (Å²) in [4.78, 5) is 12.1. The molecule has 0 saturated carbocycles. The van der Waals surface area contributed by atoms with Crippen LogP contribution in [0.25, 0.3) is 0 Å². The Hall–Kier alpha value is -3.41. The molecule has 0 fully saturated rings. The Morgan fingerprint density at radius 3 is 1.96 bits per heavy atom. The number of carbonyl (C=O) groups excluding carboxylic acids is 1. The van der Waals surface area contributed by atoms with Crippen LogP contribution in [-0.4, -0.2) is 13.0 Å². The highest BCUT2D eigenvalue weighted by atomic mass is 19.2. The van der Waals surface area contributed by atoms with Crippen molar-refractivity contribution in [3.63, 3.8) is 0 Å². The van der Waals surface area contributed by atoms with E-state index in [2.05, 4.69) is 10.6 Å². The second kappa shape index (κ2) is 7.65. The largest absolute Gasteiger partial charge is 0.497 e. The molecule has 0 aliphatic rings. The number of rotatable bonds is 5. The van der Waals surface area contributed by atoms with Crippen LogP contribution in [0.1, 0.15) is 10.4 Å². The molecule has 0 unspecified atom stereocenters. The fourth-order valence-corrected chi connectivity index (χ4v) is 2.32. The lowest BCUT2D eigenvalue weighted by molar-refractivity contribution is 0.102. The van der Waals surface area contributed by atoms with Gasteiger partial charge in [0, 0.05) is 22.6 Å². The van der Waals surface area contributed by atoms with Crippen molar-refractivity contribution in [2.24, 2.45) is 0 Å². The average Bonchev–Trinajstić information content (AvgIpc) is 2.66. The molecule has 3 aromatic carbocycles. The zero-order valence-corrected chi connectivity index (χ0v) is 13.9. The number of methoxy groups -OCH3 is 1. The minimum atomic E-state index is -1.06. The molecule has 0 aromatic heterocycles. The zero-order valence-electron chi connectivity index (χ0n) is 13.9. The van der Waals surface area contributed by atoms with Crippen molar-refractivity contribution in [3.8, 4) is 5.75 Å². The van der Waals surface area contributed by atoms with Crippen LogP contribution in [-0.2, 0) is 0 Å². The summed E-state index contributed by atoms with van der Waals surface area (Å²) in [5, 5.41) is 5.86. The molecule has 6 heteroatoms. The standard InChI is InChI=1S/C20H16F2N2O2/c1-26-17-9-7-15(8-10-17)23-14-3-5-16(6-4-14)24-20(25)13-2-11-18(21)19(22)12-13/h2-12,23H,1H3,(H,24,25). The van der Waals surface area contributed by atoms with Gasteiger partial charge in [-0.15, -0.1) is 0 Å². The third kappa shape index (κ3) is 4.16. The van der Waals surface area contributed by atoms with E-state index in [0.29, 0.717) is 5.69 Å². The van der Waals surface area contributed by atoms with Gasteiger partial charge in [-0.25, -0.2) is 8.78 Å². The monoisotopic (exact) mass is 354 g/mol. The molecular formula is C20H16F2N2O2. The van der Waals surface area contributed by atoms with Gasteiger partial charge < -0.3 is 15.4 Å². The molecular weight excluding hydrogens is 338 g/mol. The fraction of sp³-hybridized carbons (Fsp3) is 0.0500. The first-order valence-corrected chi connectivity index (χ1v) is 7.83. The van der Waals surface area contributed by atoms with Crippen molar-refractivity contribution in [1.29, 1.82) is 0 Å². The van der Waals surface area contributed by atoms with Gasteiger partial charge in [0.15, 0.2) is 11.6 Å². The number of benzene rings is 3. The molecule has 0 aliphatic heterocycles. The Kier molecular flexibility index (Phi) is 5.12. The molecule has 132 valence electrons. The van der Waals surface area contributed by atoms with Gasteiger partial charge in [0.25, 0.3) is 5.91 Å². The van der Waals surface area contributed by atoms with Crippen molar-refractivity contribution >= 4 is 23.0 Å². The summed E-state index contributed by atoms with van der Waals surface area (Å²) in [6.07, 6.45) is 0. The van der Waals surface area contributed by atoms with Crippen LogP contribution >= 0.6 is 0 Å². The summed E-state index contributed by atoms with van der Waals surface area (Å²) >= 11 is 0. The van der Waals surface area contributed by atoms with Crippen LogP contribution < -0.4 is 15.4 Å². The van der Waals surface area contributed by atoms with Crippen LogP contribution in [0.5, 0.6) is 5.75 Å². The van der Waals surface area contributed by atoms with Gasteiger partial charge in [0.1, 0.15) is 5.75 Å². The molecule has 0 aliphatic carbocycles. The highest BCUT2D eigenvalue weighted by molar-refractivity contribution is 6.04. The van der Waals surface area contributed by atoms with Crippen molar-refractivity contribution in [1.82, 2.24) is 0 Å². The van der Waals surface area contributed by atoms with E-state index in [0.717, 1.165) is 29.3 Å². The first kappa shape index (κ1) is 17.4. The number of carbonyl (C=O) groups is 1. The Morgan fingerprint density at radius 1 is 0.808 bits per heavy atom. The number of halogens is 2. The first-order chi connectivity index (χ1) is 12.5. The Bertz CT molecular complexity index is 910. The smallest absolute Gasteiger partial charge is 0.255 e. The third-order valence-corrected chi connectivity index (χ3v) is 3.70. The van der Waals surface area contributed by atoms with E-state index in [4.69, 9.17) is 4.74 Å². The minimum Gasteiger partial charge on any atom is -0.497 e. The summed E-state index contributed by atoms with van der Waals surface area (Å²) in [7, 11) is 1.61. The molecule has 3 aromatic rings. The lowest BCUT2D eigenvalue weighted by Gasteiger charge is -2.09. The van der Waals surface area contributed by atoms with Crippen LogP contribution in [0, 0.1) is 11.6 Å². The Balaban J connectivity index is 1.65. The SMILES string of the molecule is COc1ccc(Nc2ccc(NC(=O)c3ccc(F)c(F)c3)cc2)cc1. The number of hydrogen-bond acceptors (Lipinski definition) is 3. The second-order valence-electron chi connectivity index (χ2n) is 5.51. The normalized spacial score (nSPS) is 10.3. The quantitative estimate of drug-likeness (QED) is 0.680. The minimum absolute atomic E-state index is 0.0457. The van der Waals surface area contributed by atoms with Gasteiger partial charge in [0.2, 0.25) is 0 Å². The molecule has 3 rings (SSSR count). The van der Waals surface area contributed by atoms with Gasteiger partial charge >= 0.3 is 0 Å². The highest BCUT2D eigenvalue weighted by Gasteiger charge is 2.10.